The second kappa shape index (κ2) is 28.0. The first kappa shape index (κ1) is 68.7. The molecule has 0 saturated carbocycles. The first-order chi connectivity index (χ1) is 38.5. The van der Waals surface area contributed by atoms with Crippen molar-refractivity contribution >= 4 is 65.2 Å². The van der Waals surface area contributed by atoms with Crippen molar-refractivity contribution in [3.63, 3.8) is 0 Å². The van der Waals surface area contributed by atoms with Gasteiger partial charge < -0.3 is 39.9 Å². The molecule has 2 aromatic heterocycles. The van der Waals surface area contributed by atoms with Crippen LogP contribution in [0.15, 0.2) is 122 Å². The van der Waals surface area contributed by atoms with E-state index in [0.29, 0.717) is 29.5 Å². The molecule has 10 aromatic rings. The molecule has 0 fully saturated rings. The first-order valence-corrected chi connectivity index (χ1v) is 27.2. The second-order valence-corrected chi connectivity index (χ2v) is 24.8. The molecule has 0 saturated heterocycles. The van der Waals surface area contributed by atoms with E-state index in [-0.39, 0.29) is 83.7 Å². The van der Waals surface area contributed by atoms with Crippen molar-refractivity contribution in [3.05, 3.63) is 157 Å². The summed E-state index contributed by atoms with van der Waals surface area (Å²) in [5.74, 6) is -5.15. The Balaban J connectivity index is 0.000000217. The van der Waals surface area contributed by atoms with Crippen LogP contribution in [0.3, 0.4) is 0 Å². The molecule has 0 amide bonds. The minimum atomic E-state index is -1.88. The number of rotatable bonds is 8. The average molecular weight is 1500 g/mol. The normalized spacial score (nSPS) is 13.3. The third-order valence-electron chi connectivity index (χ3n) is 14.6. The molecule has 8 aromatic carbocycles. The molecule has 450 valence electrons. The maximum Gasteiger partial charge on any atom is 0.198 e. The van der Waals surface area contributed by atoms with Crippen LogP contribution in [0, 0.1) is 57.1 Å². The van der Waals surface area contributed by atoms with Crippen LogP contribution in [0.5, 0.6) is 11.5 Å². The Labute approximate surface area is 516 Å². The zero-order chi connectivity index (χ0) is 60.2. The van der Waals surface area contributed by atoms with Crippen molar-refractivity contribution in [2.24, 2.45) is 21.7 Å². The Morgan fingerprint density at radius 1 is 0.440 bits per heavy atom. The van der Waals surface area contributed by atoms with Crippen LogP contribution in [-0.4, -0.2) is 79.0 Å². The fraction of sp³-hybridized carbons (Fsp3) is 0.353. The molecule has 4 N–H and O–H groups in total. The van der Waals surface area contributed by atoms with Gasteiger partial charge in [-0.3, -0.25) is 9.97 Å². The van der Waals surface area contributed by atoms with E-state index in [2.05, 4.69) is 22.1 Å². The summed E-state index contributed by atoms with van der Waals surface area (Å²) in [5.41, 5.74) is 4.25. The molecule has 0 bridgehead atoms. The van der Waals surface area contributed by atoms with Gasteiger partial charge in [0, 0.05) is 98.7 Å². The summed E-state index contributed by atoms with van der Waals surface area (Å²) in [6, 6.07) is 39.8. The van der Waals surface area contributed by atoms with Gasteiger partial charge in [-0.05, 0) is 50.0 Å². The molecule has 0 spiro atoms. The van der Waals surface area contributed by atoms with Gasteiger partial charge in [0.1, 0.15) is 5.75 Å². The number of benzene rings is 8. The van der Waals surface area contributed by atoms with Crippen molar-refractivity contribution in [2.45, 2.75) is 120 Å². The maximum absolute atomic E-state index is 14.8. The summed E-state index contributed by atoms with van der Waals surface area (Å²) in [4.78, 5) is 18.5. The van der Waals surface area contributed by atoms with E-state index in [1.165, 1.54) is 12.3 Å². The predicted octanol–water partition coefficient (Wildman–Crippen LogP) is 15.8. The zero-order valence-corrected chi connectivity index (χ0v) is 54.6. The summed E-state index contributed by atoms with van der Waals surface area (Å²) in [5, 5.41) is 42.7. The minimum absolute atomic E-state index is 0. The first-order valence-electron chi connectivity index (χ1n) is 27.2. The van der Waals surface area contributed by atoms with Gasteiger partial charge in [0.05, 0.1) is 61.1 Å². The summed E-state index contributed by atoms with van der Waals surface area (Å²) in [6.45, 7) is 23.8. The number of hydrogen-bond donors (Lipinski definition) is 4. The molecule has 10 nitrogen and oxygen atoms in total. The number of methoxy groups -OCH3 is 2. The van der Waals surface area contributed by atoms with Gasteiger partial charge in [0.2, 0.25) is 0 Å². The van der Waals surface area contributed by atoms with Crippen LogP contribution in [0.4, 0.5) is 17.6 Å². The van der Waals surface area contributed by atoms with Crippen LogP contribution in [0.1, 0.15) is 95.9 Å². The summed E-state index contributed by atoms with van der Waals surface area (Å²) in [7, 11) is 3.33. The van der Waals surface area contributed by atoms with Crippen LogP contribution < -0.4 is 9.47 Å². The molecule has 16 heteroatoms. The number of nitrogens with zero attached hydrogens (tertiary/aromatic N) is 4. The molecule has 0 aliphatic rings. The molecule has 0 aliphatic carbocycles. The SMILES string of the molecule is CC(C)(C)C(O)CC(O)C(C)(C)C.CC(C)(C)C(O)CC(O)C(C)(C)C.COc1c[c-]c2c(c1)c1cc(OC)ccc1c1nc(-c3ccccc3)cnc21.Fc1c(F)c(F)c2c3nc(-c4ccccc4)cnc3c3[c-]cccc3c2c1F.[Ir].[Ir]. The van der Waals surface area contributed by atoms with E-state index in [4.69, 9.17) is 19.4 Å². The largest absolute Gasteiger partial charge is 0.540 e. The number of ether oxygens (including phenoxy) is 2. The standard InChI is InChI=1S/C24H17N2O2.C22H9F4N2.2C11H24O2.2Ir/c1-27-16-8-10-18-20(12-16)21-13-17(28-2)9-11-19(21)24-23(18)25-14-22(26-24)15-6-4-3-5-7-15;23-17-15-12-8-4-5-9-13(12)21-22(16(15)18(24)20(26)19(17)25)28-14(10-27-21)11-6-2-1-3-7-11;2*1-10(2,3)8(12)7-9(13)11(4,5)6;;/h3-9,11-14H,1-2H3;1-8,10H;2*8-9,12-13H,7H2,1-6H3;;/q2*-1;;;;. The maximum atomic E-state index is 14.8. The van der Waals surface area contributed by atoms with E-state index in [0.717, 1.165) is 55.3 Å². The van der Waals surface area contributed by atoms with Gasteiger partial charge in [0.15, 0.2) is 23.3 Å². The number of hydrogen-bond acceptors (Lipinski definition) is 10. The summed E-state index contributed by atoms with van der Waals surface area (Å²) < 4.78 is 68.3. The van der Waals surface area contributed by atoms with Gasteiger partial charge in [-0.25, -0.2) is 17.6 Å². The predicted molar refractivity (Wildman–Crippen MR) is 322 cm³/mol. The van der Waals surface area contributed by atoms with Crippen molar-refractivity contribution in [1.82, 2.24) is 19.9 Å². The molecule has 2 radical (unpaired) electrons. The Morgan fingerprint density at radius 3 is 1.31 bits per heavy atom. The molecule has 2 heterocycles. The number of aromatic nitrogens is 4. The van der Waals surface area contributed by atoms with Crippen LogP contribution >= 0.6 is 0 Å². The minimum Gasteiger partial charge on any atom is -0.540 e. The van der Waals surface area contributed by atoms with Crippen molar-refractivity contribution in [1.29, 1.82) is 0 Å². The fourth-order valence-corrected chi connectivity index (χ4v) is 8.87. The van der Waals surface area contributed by atoms with E-state index >= 15 is 0 Å². The van der Waals surface area contributed by atoms with E-state index < -0.39 is 53.1 Å². The van der Waals surface area contributed by atoms with Crippen molar-refractivity contribution < 1.29 is 87.7 Å². The topological polar surface area (TPSA) is 151 Å². The smallest absolute Gasteiger partial charge is 0.198 e. The number of aliphatic hydroxyl groups excluding tert-OH is 4. The van der Waals surface area contributed by atoms with Gasteiger partial charge in [-0.2, -0.15) is 0 Å². The van der Waals surface area contributed by atoms with Crippen LogP contribution in [0.2, 0.25) is 0 Å². The van der Waals surface area contributed by atoms with Gasteiger partial charge in [-0.1, -0.05) is 167 Å². The Kier molecular flexibility index (Phi) is 22.9. The molecular formula is C68H74F4Ir2N4O6-2. The Morgan fingerprint density at radius 2 is 0.857 bits per heavy atom. The van der Waals surface area contributed by atoms with Crippen LogP contribution in [0.25, 0.3) is 87.7 Å². The van der Waals surface area contributed by atoms with E-state index in [9.17, 15) is 38.0 Å². The van der Waals surface area contributed by atoms with E-state index in [1.54, 1.807) is 50.6 Å². The van der Waals surface area contributed by atoms with E-state index in [1.807, 2.05) is 156 Å². The van der Waals surface area contributed by atoms with Crippen molar-refractivity contribution in [3.8, 4) is 34.0 Å². The third-order valence-corrected chi connectivity index (χ3v) is 14.6. The summed E-state index contributed by atoms with van der Waals surface area (Å²) >= 11 is 0. The number of aliphatic hydroxyl groups is 4. The number of halogens is 4. The zero-order valence-electron chi connectivity index (χ0n) is 49.8. The molecule has 4 unspecified atom stereocenters. The molecule has 0 aliphatic heterocycles. The third kappa shape index (κ3) is 15.7. The van der Waals surface area contributed by atoms with Crippen LogP contribution in [-0.2, 0) is 40.2 Å². The van der Waals surface area contributed by atoms with Gasteiger partial charge in [-0.15, -0.1) is 47.2 Å². The molecule has 84 heavy (non-hydrogen) atoms. The van der Waals surface area contributed by atoms with Gasteiger partial charge >= 0.3 is 0 Å². The fourth-order valence-electron chi connectivity index (χ4n) is 8.87. The second-order valence-electron chi connectivity index (χ2n) is 24.8. The molecular weight excluding hydrogens is 1430 g/mol. The number of fused-ring (bicyclic) bond motifs is 12. The van der Waals surface area contributed by atoms with Gasteiger partial charge in [0.25, 0.3) is 0 Å². The molecule has 10 rings (SSSR count). The quantitative estimate of drug-likeness (QED) is 0.0381. The Hall–Kier alpha value is -6.06. The molecule has 4 atom stereocenters. The summed E-state index contributed by atoms with van der Waals surface area (Å²) in [6.07, 6.45) is 2.45. The Bertz CT molecular complexity index is 3800. The monoisotopic (exact) mass is 1500 g/mol. The van der Waals surface area contributed by atoms with Crippen molar-refractivity contribution in [2.75, 3.05) is 14.2 Å². The average Bonchev–Trinajstić information content (AvgIpc) is 0.829.